The third-order valence-electron chi connectivity index (χ3n) is 6.64. The summed E-state index contributed by atoms with van der Waals surface area (Å²) in [5.74, 6) is 0.323. The molecule has 2 N–H and O–H groups in total. The van der Waals surface area contributed by atoms with Gasteiger partial charge in [-0.15, -0.1) is 4.68 Å². The Morgan fingerprint density at radius 2 is 1.95 bits per heavy atom. The van der Waals surface area contributed by atoms with Crippen molar-refractivity contribution in [1.29, 1.82) is 0 Å². The van der Waals surface area contributed by atoms with Gasteiger partial charge in [-0.25, -0.2) is 4.79 Å². The van der Waals surface area contributed by atoms with Gasteiger partial charge in [0.15, 0.2) is 23.8 Å². The van der Waals surface area contributed by atoms with E-state index in [0.717, 1.165) is 76.9 Å². The fourth-order valence-electron chi connectivity index (χ4n) is 4.66. The number of ether oxygens (including phenoxy) is 3. The van der Waals surface area contributed by atoms with Crippen LogP contribution in [0.1, 0.15) is 33.3 Å². The average Bonchev–Trinajstić information content (AvgIpc) is 3.26. The lowest BCUT2D eigenvalue weighted by Crippen LogP contribution is -2.42. The molecular formula is C29H33N3O7. The molecule has 0 spiro atoms. The number of methoxy groups -OCH3 is 1. The van der Waals surface area contributed by atoms with Crippen LogP contribution in [0, 0.1) is 0 Å². The first-order valence-corrected chi connectivity index (χ1v) is 12.8. The van der Waals surface area contributed by atoms with Crippen molar-refractivity contribution in [1.82, 2.24) is 10.00 Å². The monoisotopic (exact) mass is 535 g/mol. The lowest BCUT2D eigenvalue weighted by molar-refractivity contribution is -0.725. The van der Waals surface area contributed by atoms with Crippen molar-refractivity contribution in [2.24, 2.45) is 0 Å². The van der Waals surface area contributed by atoms with E-state index in [1.54, 1.807) is 7.11 Å². The molecule has 0 atom stereocenters. The van der Waals surface area contributed by atoms with Gasteiger partial charge in [0.1, 0.15) is 22.4 Å². The summed E-state index contributed by atoms with van der Waals surface area (Å²) in [4.78, 5) is 21.4. The summed E-state index contributed by atoms with van der Waals surface area (Å²) >= 11 is 0. The zero-order chi connectivity index (χ0) is 28.3. The first kappa shape index (κ1) is 27.7. The number of H-pyrrole nitrogens is 1. The van der Waals surface area contributed by atoms with Gasteiger partial charge in [-0.2, -0.15) is 5.10 Å². The second-order valence-electron chi connectivity index (χ2n) is 9.65. The van der Waals surface area contributed by atoms with Gasteiger partial charge >= 0.3 is 5.97 Å². The molecule has 2 aliphatic rings. The van der Waals surface area contributed by atoms with Gasteiger partial charge in [0, 0.05) is 6.08 Å². The van der Waals surface area contributed by atoms with Crippen molar-refractivity contribution in [3.63, 3.8) is 0 Å². The molecule has 0 saturated heterocycles. The molecule has 2 aliphatic heterocycles. The van der Waals surface area contributed by atoms with E-state index in [9.17, 15) is 14.7 Å². The summed E-state index contributed by atoms with van der Waals surface area (Å²) < 4.78 is 20.7. The molecule has 0 radical (unpaired) electrons. The van der Waals surface area contributed by atoms with Crippen LogP contribution in [-0.2, 0) is 16.1 Å². The Hall–Kier alpha value is -4.31. The maximum Gasteiger partial charge on any atom is 0.328 e. The summed E-state index contributed by atoms with van der Waals surface area (Å²) in [7, 11) is 1.68. The van der Waals surface area contributed by atoms with Crippen LogP contribution in [0.4, 0.5) is 0 Å². The fraction of sp³-hybridized carbons (Fsp3) is 0.345. The molecule has 3 heterocycles. The van der Waals surface area contributed by atoms with Crippen molar-refractivity contribution in [3.05, 3.63) is 48.1 Å². The third kappa shape index (κ3) is 5.75. The predicted molar refractivity (Wildman–Crippen MR) is 144 cm³/mol. The van der Waals surface area contributed by atoms with Crippen molar-refractivity contribution in [2.45, 2.75) is 39.8 Å². The first-order chi connectivity index (χ1) is 18.6. The second kappa shape index (κ2) is 11.2. The lowest BCUT2D eigenvalue weighted by atomic mass is 9.96. The average molecular weight is 536 g/mol. The molecule has 0 fully saturated rings. The maximum atomic E-state index is 9.53. The molecule has 1 aromatic heterocycles. The molecule has 5 rings (SSSR count). The molecule has 39 heavy (non-hydrogen) atoms. The Labute approximate surface area is 226 Å². The molecule has 2 aromatic carbocycles. The molecule has 10 heteroatoms. The van der Waals surface area contributed by atoms with E-state index in [4.69, 9.17) is 19.3 Å². The van der Waals surface area contributed by atoms with E-state index in [1.165, 1.54) is 0 Å². The zero-order valence-corrected chi connectivity index (χ0v) is 22.7. The maximum absolute atomic E-state index is 9.53. The van der Waals surface area contributed by atoms with Gasteiger partial charge in [-0.05, 0) is 57.3 Å². The summed E-state index contributed by atoms with van der Waals surface area (Å²) in [5, 5.41) is 22.0. The molecular weight excluding hydrogens is 502 g/mol. The Kier molecular flexibility index (Phi) is 7.96. The van der Waals surface area contributed by atoms with Gasteiger partial charge in [-0.1, -0.05) is 19.9 Å². The van der Waals surface area contributed by atoms with Crippen LogP contribution >= 0.6 is 0 Å². The standard InChI is InChI=1S/C25H29N3O3.C4H4O4/c1-6-27(7-2)13-14-28-18-15-20-16(11-12-25(3,4)31-20)24-21(18)22(26-28)17-9-8-10-19(29-5)23(17)30-24;5-3(6)1-2-4(7)8/h8-12,15H,6-7,13-14H2,1-5H3;1-2H,(H,5,6)(H,7,8)/b;2-1+. The molecule has 0 amide bonds. The number of nitrogens with zero attached hydrogens (tertiary/aromatic N) is 2. The van der Waals surface area contributed by atoms with Crippen molar-refractivity contribution in [3.8, 4) is 34.3 Å². The highest BCUT2D eigenvalue weighted by Crippen LogP contribution is 2.53. The second-order valence-corrected chi connectivity index (χ2v) is 9.65. The minimum atomic E-state index is -1.51. The van der Waals surface area contributed by atoms with Gasteiger partial charge in [0.05, 0.1) is 36.8 Å². The number of likely N-dealkylation sites (N-methyl/N-ethyl adjacent to an activating group) is 1. The number of hydrogen-bond acceptors (Lipinski definition) is 7. The molecule has 0 unspecified atom stereocenters. The number of rotatable bonds is 8. The zero-order valence-electron chi connectivity index (χ0n) is 22.7. The number of aromatic nitrogens is 2. The Morgan fingerprint density at radius 1 is 1.21 bits per heavy atom. The Bertz CT molecular complexity index is 1450. The minimum Gasteiger partial charge on any atom is -0.545 e. The van der Waals surface area contributed by atoms with E-state index in [1.807, 2.05) is 12.1 Å². The summed E-state index contributed by atoms with van der Waals surface area (Å²) in [5.41, 5.74) is 3.78. The van der Waals surface area contributed by atoms with Crippen LogP contribution in [0.5, 0.6) is 23.0 Å². The van der Waals surface area contributed by atoms with Crippen LogP contribution in [0.15, 0.2) is 42.5 Å². The summed E-state index contributed by atoms with van der Waals surface area (Å²) in [6, 6.07) is 8.16. The van der Waals surface area contributed by atoms with Gasteiger partial charge in [0.25, 0.3) is 0 Å². The number of carboxylic acid groups (broad SMARTS) is 2. The van der Waals surface area contributed by atoms with E-state index in [0.29, 0.717) is 12.2 Å². The fourth-order valence-corrected chi connectivity index (χ4v) is 4.66. The molecule has 206 valence electrons. The minimum absolute atomic E-state index is 0.358. The predicted octanol–water partition coefficient (Wildman–Crippen LogP) is 3.14. The summed E-state index contributed by atoms with van der Waals surface area (Å²) in [6.45, 7) is 12.4. The largest absolute Gasteiger partial charge is 0.545 e. The number of para-hydroxylation sites is 1. The molecule has 0 saturated carbocycles. The van der Waals surface area contributed by atoms with Crippen LogP contribution in [0.3, 0.4) is 0 Å². The number of carboxylic acids is 2. The molecule has 0 aliphatic carbocycles. The van der Waals surface area contributed by atoms with Gasteiger partial charge < -0.3 is 29.2 Å². The molecule has 10 nitrogen and oxygen atoms in total. The number of fused-ring (bicyclic) bond motifs is 4. The first-order valence-electron chi connectivity index (χ1n) is 12.8. The SMILES string of the molecule is CCN(CC)CC[n+]1[nH]c2c3c(c4c(cc31)OC(C)(C)C=C4)Oc1c(OC)cccc1-2.O=C([O-])/C=C/C(=O)O. The number of carbonyl (C=O) groups excluding carboxylic acids is 1. The topological polar surface area (TPSA) is 128 Å². The third-order valence-corrected chi connectivity index (χ3v) is 6.64. The highest BCUT2D eigenvalue weighted by atomic mass is 16.5. The van der Waals surface area contributed by atoms with E-state index in [2.05, 4.69) is 66.7 Å². The number of hydrogen-bond donors (Lipinski definition) is 2. The smallest absolute Gasteiger partial charge is 0.328 e. The van der Waals surface area contributed by atoms with E-state index in [-0.39, 0.29) is 5.60 Å². The number of carbonyl (C=O) groups is 2. The van der Waals surface area contributed by atoms with Crippen LogP contribution in [-0.4, -0.2) is 59.4 Å². The van der Waals surface area contributed by atoms with Crippen molar-refractivity contribution in [2.75, 3.05) is 26.7 Å². The lowest BCUT2D eigenvalue weighted by Gasteiger charge is -2.29. The van der Waals surface area contributed by atoms with Gasteiger partial charge in [0.2, 0.25) is 5.52 Å². The highest BCUT2D eigenvalue weighted by molar-refractivity contribution is 6.03. The van der Waals surface area contributed by atoms with Gasteiger partial charge in [-0.3, -0.25) is 4.90 Å². The van der Waals surface area contributed by atoms with Crippen LogP contribution in [0.25, 0.3) is 28.2 Å². The molecule has 0 bridgehead atoms. The van der Waals surface area contributed by atoms with Crippen molar-refractivity contribution >= 4 is 28.9 Å². The Balaban J connectivity index is 0.000000386. The highest BCUT2D eigenvalue weighted by Gasteiger charge is 2.36. The van der Waals surface area contributed by atoms with Crippen molar-refractivity contribution < 1.29 is 38.7 Å². The molecule has 3 aromatic rings. The number of aromatic amines is 1. The number of benzene rings is 2. The van der Waals surface area contributed by atoms with E-state index < -0.39 is 11.9 Å². The number of aliphatic carboxylic acids is 2. The normalized spacial score (nSPS) is 14.2. The summed E-state index contributed by atoms with van der Waals surface area (Å²) in [6.07, 6.45) is 5.14. The number of nitrogens with one attached hydrogen (secondary N) is 1. The Morgan fingerprint density at radius 3 is 2.56 bits per heavy atom. The van der Waals surface area contributed by atoms with Crippen LogP contribution in [0.2, 0.25) is 0 Å². The quantitative estimate of drug-likeness (QED) is 0.260. The van der Waals surface area contributed by atoms with E-state index >= 15 is 0 Å². The van der Waals surface area contributed by atoms with Crippen LogP contribution < -0.4 is 24.0 Å².